The molecule has 1 saturated heterocycles. The van der Waals surface area contributed by atoms with Crippen LogP contribution >= 0.6 is 0 Å². The molecule has 4 atom stereocenters. The number of rotatable bonds is 5. The monoisotopic (exact) mass is 252 g/mol. The summed E-state index contributed by atoms with van der Waals surface area (Å²) in [5, 5.41) is 3.75. The average molecular weight is 252 g/mol. The first-order valence-electron chi connectivity index (χ1n) is 8.25. The predicted molar refractivity (Wildman–Crippen MR) is 78.9 cm³/mol. The lowest BCUT2D eigenvalue weighted by atomic mass is 9.80. The van der Waals surface area contributed by atoms with Gasteiger partial charge in [-0.15, -0.1) is 0 Å². The van der Waals surface area contributed by atoms with Crippen LogP contribution in [0.5, 0.6) is 0 Å². The molecule has 0 aromatic heterocycles. The minimum atomic E-state index is 0.758. The van der Waals surface area contributed by atoms with E-state index in [9.17, 15) is 0 Å². The molecule has 2 fully saturated rings. The molecule has 1 N–H and O–H groups in total. The maximum atomic E-state index is 3.75. The summed E-state index contributed by atoms with van der Waals surface area (Å²) < 4.78 is 0. The minimum Gasteiger partial charge on any atom is -0.313 e. The van der Waals surface area contributed by atoms with Gasteiger partial charge in [0, 0.05) is 18.6 Å². The van der Waals surface area contributed by atoms with Crippen LogP contribution in [-0.4, -0.2) is 36.6 Å². The maximum Gasteiger partial charge on any atom is 0.0252 e. The van der Waals surface area contributed by atoms with Gasteiger partial charge in [-0.3, -0.25) is 4.90 Å². The van der Waals surface area contributed by atoms with Crippen molar-refractivity contribution in [3.63, 3.8) is 0 Å². The molecule has 1 aliphatic carbocycles. The normalized spacial score (nSPS) is 38.2. The van der Waals surface area contributed by atoms with Crippen LogP contribution in [0.25, 0.3) is 0 Å². The Morgan fingerprint density at radius 3 is 2.39 bits per heavy atom. The number of nitrogens with one attached hydrogen (secondary N) is 1. The Morgan fingerprint density at radius 1 is 1.00 bits per heavy atom. The van der Waals surface area contributed by atoms with Crippen molar-refractivity contribution in [2.45, 2.75) is 71.4 Å². The van der Waals surface area contributed by atoms with Gasteiger partial charge in [-0.05, 0) is 50.6 Å². The second-order valence-electron chi connectivity index (χ2n) is 6.38. The first-order valence-corrected chi connectivity index (χ1v) is 8.25. The smallest absolute Gasteiger partial charge is 0.0252 e. The number of nitrogens with zero attached hydrogens (tertiary/aromatic N) is 1. The van der Waals surface area contributed by atoms with E-state index < -0.39 is 0 Å². The molecule has 1 heterocycles. The summed E-state index contributed by atoms with van der Waals surface area (Å²) in [6.07, 6.45) is 8.44. The fourth-order valence-corrected chi connectivity index (χ4v) is 4.00. The number of hydrogen-bond donors (Lipinski definition) is 1. The van der Waals surface area contributed by atoms with Crippen LogP contribution in [0.15, 0.2) is 0 Å². The summed E-state index contributed by atoms with van der Waals surface area (Å²) in [6.45, 7) is 10.8. The highest BCUT2D eigenvalue weighted by atomic mass is 15.2. The minimum absolute atomic E-state index is 0.758. The molecule has 1 saturated carbocycles. The summed E-state index contributed by atoms with van der Waals surface area (Å²) in [4.78, 5) is 2.81. The van der Waals surface area contributed by atoms with Crippen LogP contribution in [0.1, 0.15) is 59.3 Å². The molecule has 2 aliphatic rings. The molecule has 2 heteroatoms. The van der Waals surface area contributed by atoms with Crippen LogP contribution in [0.2, 0.25) is 0 Å². The zero-order valence-corrected chi connectivity index (χ0v) is 12.6. The van der Waals surface area contributed by atoms with E-state index in [1.807, 2.05) is 0 Å². The quantitative estimate of drug-likeness (QED) is 0.808. The average Bonchev–Trinajstić information content (AvgIpc) is 2.88. The van der Waals surface area contributed by atoms with Crippen molar-refractivity contribution >= 4 is 0 Å². The van der Waals surface area contributed by atoms with E-state index in [0.717, 1.165) is 30.5 Å². The fraction of sp³-hybridized carbons (Fsp3) is 1.00. The van der Waals surface area contributed by atoms with Gasteiger partial charge >= 0.3 is 0 Å². The van der Waals surface area contributed by atoms with Crippen molar-refractivity contribution in [1.82, 2.24) is 10.2 Å². The van der Waals surface area contributed by atoms with Gasteiger partial charge in [0.15, 0.2) is 0 Å². The maximum absolute atomic E-state index is 3.75. The Kier molecular flexibility index (Phi) is 5.50. The lowest BCUT2D eigenvalue weighted by molar-refractivity contribution is 0.114. The van der Waals surface area contributed by atoms with Crippen LogP contribution < -0.4 is 5.32 Å². The molecule has 0 radical (unpaired) electrons. The molecule has 0 bridgehead atoms. The molecular weight excluding hydrogens is 220 g/mol. The van der Waals surface area contributed by atoms with Crippen molar-refractivity contribution in [2.24, 2.45) is 11.8 Å². The molecule has 18 heavy (non-hydrogen) atoms. The molecular formula is C16H32N2. The van der Waals surface area contributed by atoms with Crippen molar-refractivity contribution in [2.75, 3.05) is 19.6 Å². The molecule has 0 aromatic rings. The number of likely N-dealkylation sites (tertiary alicyclic amines) is 1. The van der Waals surface area contributed by atoms with E-state index >= 15 is 0 Å². The second kappa shape index (κ2) is 6.91. The van der Waals surface area contributed by atoms with Gasteiger partial charge in [0.2, 0.25) is 0 Å². The highest BCUT2D eigenvalue weighted by Crippen LogP contribution is 2.33. The van der Waals surface area contributed by atoms with Gasteiger partial charge in [-0.2, -0.15) is 0 Å². The van der Waals surface area contributed by atoms with Gasteiger partial charge in [0.25, 0.3) is 0 Å². The van der Waals surface area contributed by atoms with Crippen LogP contribution in [-0.2, 0) is 0 Å². The van der Waals surface area contributed by atoms with E-state index in [4.69, 9.17) is 0 Å². The first kappa shape index (κ1) is 14.3. The molecule has 1 aliphatic heterocycles. The summed E-state index contributed by atoms with van der Waals surface area (Å²) in [6, 6.07) is 1.58. The second-order valence-corrected chi connectivity index (χ2v) is 6.38. The van der Waals surface area contributed by atoms with Gasteiger partial charge in [-0.1, -0.05) is 33.6 Å². The Morgan fingerprint density at radius 2 is 1.78 bits per heavy atom. The Balaban J connectivity index is 1.96. The Bertz CT molecular complexity index is 241. The highest BCUT2D eigenvalue weighted by molar-refractivity contribution is 4.93. The third-order valence-corrected chi connectivity index (χ3v) is 5.33. The Labute approximate surface area is 114 Å². The van der Waals surface area contributed by atoms with Crippen molar-refractivity contribution in [3.05, 3.63) is 0 Å². The molecule has 106 valence electrons. The van der Waals surface area contributed by atoms with Crippen molar-refractivity contribution < 1.29 is 0 Å². The largest absolute Gasteiger partial charge is 0.313 e. The topological polar surface area (TPSA) is 15.3 Å². The summed E-state index contributed by atoms with van der Waals surface area (Å²) in [7, 11) is 0. The number of hydrogen-bond acceptors (Lipinski definition) is 2. The summed E-state index contributed by atoms with van der Waals surface area (Å²) in [5.74, 6) is 1.94. The Hall–Kier alpha value is -0.0800. The lowest BCUT2D eigenvalue weighted by Crippen LogP contribution is -2.52. The zero-order chi connectivity index (χ0) is 13.0. The van der Waals surface area contributed by atoms with E-state index in [1.165, 1.54) is 51.6 Å². The summed E-state index contributed by atoms with van der Waals surface area (Å²) in [5.41, 5.74) is 0. The van der Waals surface area contributed by atoms with Gasteiger partial charge in [-0.25, -0.2) is 0 Å². The standard InChI is InChI=1S/C16H32N2/c1-4-13-7-8-15(17-6-3)16(11-13)18-10-9-14(5-2)12-18/h13-17H,4-12H2,1-3H3. The van der Waals surface area contributed by atoms with Crippen molar-refractivity contribution in [1.29, 1.82) is 0 Å². The highest BCUT2D eigenvalue weighted by Gasteiger charge is 2.36. The molecule has 2 rings (SSSR count). The lowest BCUT2D eigenvalue weighted by Gasteiger charge is -2.41. The van der Waals surface area contributed by atoms with E-state index in [-0.39, 0.29) is 0 Å². The molecule has 4 unspecified atom stereocenters. The van der Waals surface area contributed by atoms with E-state index in [0.29, 0.717) is 0 Å². The van der Waals surface area contributed by atoms with E-state index in [1.54, 1.807) is 0 Å². The molecule has 0 aromatic carbocycles. The fourth-order valence-electron chi connectivity index (χ4n) is 4.00. The zero-order valence-electron chi connectivity index (χ0n) is 12.6. The van der Waals surface area contributed by atoms with Gasteiger partial charge in [0.1, 0.15) is 0 Å². The molecule has 0 amide bonds. The third kappa shape index (κ3) is 3.27. The van der Waals surface area contributed by atoms with Gasteiger partial charge < -0.3 is 5.32 Å². The third-order valence-electron chi connectivity index (χ3n) is 5.33. The van der Waals surface area contributed by atoms with Crippen LogP contribution in [0.3, 0.4) is 0 Å². The SMILES string of the molecule is CCNC1CCC(CC)CC1N1CCC(CC)C1. The van der Waals surface area contributed by atoms with Crippen molar-refractivity contribution in [3.8, 4) is 0 Å². The van der Waals surface area contributed by atoms with Crippen LogP contribution in [0, 0.1) is 11.8 Å². The molecule has 0 spiro atoms. The first-order chi connectivity index (χ1) is 8.78. The van der Waals surface area contributed by atoms with Gasteiger partial charge in [0.05, 0.1) is 0 Å². The summed E-state index contributed by atoms with van der Waals surface area (Å²) >= 11 is 0. The predicted octanol–water partition coefficient (Wildman–Crippen LogP) is 3.28. The van der Waals surface area contributed by atoms with E-state index in [2.05, 4.69) is 31.0 Å². The number of likely N-dealkylation sites (N-methyl/N-ethyl adjacent to an activating group) is 1. The van der Waals surface area contributed by atoms with Crippen LogP contribution in [0.4, 0.5) is 0 Å². The molecule has 2 nitrogen and oxygen atoms in total.